The molecule has 0 radical (unpaired) electrons. The number of aryl methyl sites for hydroxylation is 1. The van der Waals surface area contributed by atoms with Gasteiger partial charge < -0.3 is 0 Å². The standard InChI is InChI=1S/C7H7IN2O/c1-5-2-3-6(4-9-5)7(11)10-8/h2-4H,1H3,(H,10,11). The highest BCUT2D eigenvalue weighted by Crippen LogP contribution is 1.99. The van der Waals surface area contributed by atoms with Crippen LogP contribution in [0.25, 0.3) is 0 Å². The summed E-state index contributed by atoms with van der Waals surface area (Å²) >= 11 is 1.80. The van der Waals surface area contributed by atoms with E-state index < -0.39 is 0 Å². The van der Waals surface area contributed by atoms with E-state index in [2.05, 4.69) is 8.51 Å². The van der Waals surface area contributed by atoms with Crippen molar-refractivity contribution in [2.75, 3.05) is 0 Å². The van der Waals surface area contributed by atoms with Crippen molar-refractivity contribution in [3.05, 3.63) is 29.6 Å². The van der Waals surface area contributed by atoms with Crippen molar-refractivity contribution in [1.82, 2.24) is 8.51 Å². The zero-order chi connectivity index (χ0) is 8.27. The SMILES string of the molecule is Cc1ccc(C(=O)NI)cn1. The zero-order valence-electron chi connectivity index (χ0n) is 5.97. The third kappa shape index (κ3) is 2.14. The summed E-state index contributed by atoms with van der Waals surface area (Å²) in [5.41, 5.74) is 1.50. The van der Waals surface area contributed by atoms with Gasteiger partial charge >= 0.3 is 0 Å². The van der Waals surface area contributed by atoms with Crippen molar-refractivity contribution in [1.29, 1.82) is 0 Å². The molecule has 0 saturated carbocycles. The number of hydrogen-bond donors (Lipinski definition) is 1. The monoisotopic (exact) mass is 262 g/mol. The average molecular weight is 262 g/mol. The molecule has 0 saturated heterocycles. The largest absolute Gasteiger partial charge is 0.295 e. The molecule has 0 spiro atoms. The van der Waals surface area contributed by atoms with Crippen molar-refractivity contribution in [3.63, 3.8) is 0 Å². The van der Waals surface area contributed by atoms with Crippen molar-refractivity contribution < 1.29 is 4.79 Å². The topological polar surface area (TPSA) is 42.0 Å². The lowest BCUT2D eigenvalue weighted by Crippen LogP contribution is -2.11. The fourth-order valence-electron chi connectivity index (χ4n) is 0.657. The molecule has 4 heteroatoms. The lowest BCUT2D eigenvalue weighted by molar-refractivity contribution is 0.0989. The van der Waals surface area contributed by atoms with Gasteiger partial charge in [0.1, 0.15) is 0 Å². The van der Waals surface area contributed by atoms with Crippen molar-refractivity contribution in [2.45, 2.75) is 6.92 Å². The minimum Gasteiger partial charge on any atom is -0.295 e. The van der Waals surface area contributed by atoms with Crippen LogP contribution in [-0.2, 0) is 0 Å². The van der Waals surface area contributed by atoms with E-state index >= 15 is 0 Å². The van der Waals surface area contributed by atoms with Crippen LogP contribution in [0.15, 0.2) is 18.3 Å². The second kappa shape index (κ2) is 3.66. The predicted molar refractivity (Wildman–Crippen MR) is 50.5 cm³/mol. The highest BCUT2D eigenvalue weighted by Gasteiger charge is 2.01. The van der Waals surface area contributed by atoms with Crippen LogP contribution >= 0.6 is 22.9 Å². The van der Waals surface area contributed by atoms with Crippen LogP contribution in [0.2, 0.25) is 0 Å². The molecule has 3 nitrogen and oxygen atoms in total. The van der Waals surface area contributed by atoms with Gasteiger partial charge in [0.15, 0.2) is 0 Å². The van der Waals surface area contributed by atoms with Crippen LogP contribution in [0.3, 0.4) is 0 Å². The Bertz CT molecular complexity index is 258. The minimum absolute atomic E-state index is 0.113. The Kier molecular flexibility index (Phi) is 2.81. The molecule has 0 aliphatic rings. The van der Waals surface area contributed by atoms with Gasteiger partial charge in [0, 0.05) is 11.9 Å². The molecular weight excluding hydrogens is 255 g/mol. The van der Waals surface area contributed by atoms with E-state index in [1.807, 2.05) is 6.92 Å². The van der Waals surface area contributed by atoms with Gasteiger partial charge in [0.2, 0.25) is 0 Å². The number of halogens is 1. The van der Waals surface area contributed by atoms with E-state index in [-0.39, 0.29) is 5.91 Å². The molecule has 58 valence electrons. The Morgan fingerprint density at radius 2 is 2.36 bits per heavy atom. The summed E-state index contributed by atoms with van der Waals surface area (Å²) in [4.78, 5) is 15.0. The molecular formula is C7H7IN2O. The Hall–Kier alpha value is -0.650. The first-order valence-electron chi connectivity index (χ1n) is 3.07. The molecule has 0 bridgehead atoms. The summed E-state index contributed by atoms with van der Waals surface area (Å²) in [7, 11) is 0. The van der Waals surface area contributed by atoms with Crippen LogP contribution in [0, 0.1) is 6.92 Å². The molecule has 11 heavy (non-hydrogen) atoms. The lowest BCUT2D eigenvalue weighted by Gasteiger charge is -1.96. The van der Waals surface area contributed by atoms with Crippen molar-refractivity contribution in [3.8, 4) is 0 Å². The molecule has 1 rings (SSSR count). The summed E-state index contributed by atoms with van der Waals surface area (Å²) in [5.74, 6) is -0.113. The summed E-state index contributed by atoms with van der Waals surface area (Å²) in [6, 6.07) is 3.55. The highest BCUT2D eigenvalue weighted by molar-refractivity contribution is 14.1. The fourth-order valence-corrected chi connectivity index (χ4v) is 0.968. The number of nitrogens with zero attached hydrogens (tertiary/aromatic N) is 1. The van der Waals surface area contributed by atoms with Gasteiger partial charge in [0.05, 0.1) is 28.4 Å². The van der Waals surface area contributed by atoms with Crippen LogP contribution in [-0.4, -0.2) is 10.9 Å². The van der Waals surface area contributed by atoms with Gasteiger partial charge in [-0.3, -0.25) is 13.3 Å². The van der Waals surface area contributed by atoms with Crippen LogP contribution < -0.4 is 3.53 Å². The van der Waals surface area contributed by atoms with Gasteiger partial charge in [-0.15, -0.1) is 0 Å². The number of carbonyl (C=O) groups excluding carboxylic acids is 1. The molecule has 0 fully saturated rings. The van der Waals surface area contributed by atoms with E-state index in [0.717, 1.165) is 5.69 Å². The summed E-state index contributed by atoms with van der Waals surface area (Å²) in [6.45, 7) is 1.88. The Labute approximate surface area is 78.7 Å². The molecule has 0 aromatic carbocycles. The molecule has 0 atom stereocenters. The first kappa shape index (κ1) is 8.45. The highest BCUT2D eigenvalue weighted by atomic mass is 127. The van der Waals surface area contributed by atoms with E-state index in [9.17, 15) is 4.79 Å². The molecule has 0 aliphatic heterocycles. The van der Waals surface area contributed by atoms with E-state index in [1.165, 1.54) is 0 Å². The third-order valence-corrected chi connectivity index (χ3v) is 1.75. The average Bonchev–Trinajstić information content (AvgIpc) is 2.05. The number of amides is 1. The van der Waals surface area contributed by atoms with Gasteiger partial charge in [-0.25, -0.2) is 0 Å². The van der Waals surface area contributed by atoms with Crippen LogP contribution in [0.4, 0.5) is 0 Å². The van der Waals surface area contributed by atoms with E-state index in [4.69, 9.17) is 0 Å². The maximum atomic E-state index is 11.0. The predicted octanol–water partition coefficient (Wildman–Crippen LogP) is 1.47. The van der Waals surface area contributed by atoms with Crippen molar-refractivity contribution in [2.24, 2.45) is 0 Å². The molecule has 0 aliphatic carbocycles. The third-order valence-electron chi connectivity index (χ3n) is 1.26. The fraction of sp³-hybridized carbons (Fsp3) is 0.143. The molecule has 1 aromatic rings. The number of pyridine rings is 1. The maximum absolute atomic E-state index is 11.0. The van der Waals surface area contributed by atoms with Crippen LogP contribution in [0.1, 0.15) is 16.1 Å². The summed E-state index contributed by atoms with van der Waals surface area (Å²) in [6.07, 6.45) is 1.56. The second-order valence-electron chi connectivity index (χ2n) is 2.11. The molecule has 1 heterocycles. The lowest BCUT2D eigenvalue weighted by atomic mass is 10.2. The van der Waals surface area contributed by atoms with Crippen molar-refractivity contribution >= 4 is 28.8 Å². The zero-order valence-corrected chi connectivity index (χ0v) is 8.12. The minimum atomic E-state index is -0.113. The molecule has 1 N–H and O–H groups in total. The van der Waals surface area contributed by atoms with Crippen LogP contribution in [0.5, 0.6) is 0 Å². The van der Waals surface area contributed by atoms with E-state index in [1.54, 1.807) is 41.2 Å². The van der Waals surface area contributed by atoms with Gasteiger partial charge in [-0.2, -0.15) is 0 Å². The second-order valence-corrected chi connectivity index (χ2v) is 2.65. The first-order chi connectivity index (χ1) is 5.24. The Balaban J connectivity index is 2.90. The molecule has 1 aromatic heterocycles. The maximum Gasteiger partial charge on any atom is 0.261 e. The van der Waals surface area contributed by atoms with E-state index in [0.29, 0.717) is 5.56 Å². The molecule has 1 amide bonds. The summed E-state index contributed by atoms with van der Waals surface area (Å²) in [5, 5.41) is 0. The number of carbonyl (C=O) groups is 1. The number of rotatable bonds is 1. The van der Waals surface area contributed by atoms with Gasteiger partial charge in [0.25, 0.3) is 5.91 Å². The normalized spacial score (nSPS) is 9.27. The number of hydrogen-bond acceptors (Lipinski definition) is 2. The smallest absolute Gasteiger partial charge is 0.261 e. The Morgan fingerprint density at radius 1 is 1.64 bits per heavy atom. The quantitative estimate of drug-likeness (QED) is 0.615. The molecule has 0 unspecified atom stereocenters. The Morgan fingerprint density at radius 3 is 2.82 bits per heavy atom. The number of aromatic nitrogens is 1. The summed E-state index contributed by atoms with van der Waals surface area (Å²) < 4.78 is 2.49. The van der Waals surface area contributed by atoms with Gasteiger partial charge in [-0.05, 0) is 19.1 Å². The first-order valence-corrected chi connectivity index (χ1v) is 4.15. The number of nitrogens with one attached hydrogen (secondary N) is 1. The van der Waals surface area contributed by atoms with Gasteiger partial charge in [-0.1, -0.05) is 0 Å².